The second-order valence-corrected chi connectivity index (χ2v) is 6.44. The van der Waals surface area contributed by atoms with Gasteiger partial charge in [0.1, 0.15) is 0 Å². The van der Waals surface area contributed by atoms with Crippen LogP contribution in [-0.2, 0) is 0 Å². The molecule has 2 N–H and O–H groups in total. The smallest absolute Gasteiger partial charge is 0.291 e. The summed E-state index contributed by atoms with van der Waals surface area (Å²) in [5, 5.41) is 6.18. The Morgan fingerprint density at radius 3 is 2.80 bits per heavy atom. The Kier molecular flexibility index (Phi) is 4.90. The van der Waals surface area contributed by atoms with E-state index in [2.05, 4.69) is 17.6 Å². The molecule has 1 saturated heterocycles. The van der Waals surface area contributed by atoms with Crippen LogP contribution in [0.5, 0.6) is 0 Å². The van der Waals surface area contributed by atoms with Gasteiger partial charge in [-0.25, -0.2) is 0 Å². The summed E-state index contributed by atoms with van der Waals surface area (Å²) in [7, 11) is 0. The first-order chi connectivity index (χ1) is 12.0. The molecule has 2 amide bonds. The molecule has 0 spiro atoms. The Hall–Kier alpha value is -2.60. The average Bonchev–Trinajstić information content (AvgIpc) is 3.13. The van der Waals surface area contributed by atoms with Crippen molar-refractivity contribution >= 4 is 17.5 Å². The lowest BCUT2D eigenvalue weighted by atomic mass is 10.0. The zero-order valence-electron chi connectivity index (χ0n) is 14.7. The van der Waals surface area contributed by atoms with E-state index in [-0.39, 0.29) is 29.7 Å². The fourth-order valence-electron chi connectivity index (χ4n) is 2.99. The van der Waals surface area contributed by atoms with Gasteiger partial charge in [-0.15, -0.1) is 0 Å². The molecule has 0 aliphatic carbocycles. The molecule has 1 fully saturated rings. The first kappa shape index (κ1) is 17.2. The van der Waals surface area contributed by atoms with Gasteiger partial charge in [-0.05, 0) is 50.6 Å². The zero-order chi connectivity index (χ0) is 18.0. The van der Waals surface area contributed by atoms with Crippen LogP contribution in [0.2, 0.25) is 0 Å². The van der Waals surface area contributed by atoms with Crippen molar-refractivity contribution in [2.45, 2.75) is 32.9 Å². The molecule has 132 valence electrons. The second kappa shape index (κ2) is 7.11. The summed E-state index contributed by atoms with van der Waals surface area (Å²) in [5.41, 5.74) is 2.07. The van der Waals surface area contributed by atoms with Crippen molar-refractivity contribution in [3.8, 4) is 0 Å². The fourth-order valence-corrected chi connectivity index (χ4v) is 2.99. The van der Waals surface area contributed by atoms with Gasteiger partial charge < -0.3 is 20.0 Å². The molecule has 1 aliphatic heterocycles. The van der Waals surface area contributed by atoms with Crippen molar-refractivity contribution in [2.75, 3.05) is 18.4 Å². The summed E-state index contributed by atoms with van der Waals surface area (Å²) in [6, 6.07) is 9.02. The van der Waals surface area contributed by atoms with Crippen LogP contribution in [0.15, 0.2) is 41.0 Å². The minimum Gasteiger partial charge on any atom is -0.459 e. The summed E-state index contributed by atoms with van der Waals surface area (Å²) in [5.74, 6) is -0.114. The quantitative estimate of drug-likeness (QED) is 0.900. The van der Waals surface area contributed by atoms with Gasteiger partial charge in [0, 0.05) is 36.4 Å². The number of nitrogens with zero attached hydrogens (tertiary/aromatic N) is 1. The maximum absolute atomic E-state index is 12.9. The number of amides is 2. The highest BCUT2D eigenvalue weighted by Crippen LogP contribution is 2.21. The van der Waals surface area contributed by atoms with E-state index in [1.165, 1.54) is 6.26 Å². The summed E-state index contributed by atoms with van der Waals surface area (Å²) < 4.78 is 5.11. The van der Waals surface area contributed by atoms with Crippen LogP contribution >= 0.6 is 0 Å². The standard InChI is InChI=1S/C19H23N3O3/c1-12-6-7-15(19(24)22-9-8-20-13(2)14(22)3)11-16(12)21-18(23)17-5-4-10-25-17/h4-7,10-11,13-14,20H,8-9H2,1-3H3,(H,21,23). The van der Waals surface area contributed by atoms with Crippen LogP contribution in [0, 0.1) is 6.92 Å². The molecule has 1 aliphatic rings. The number of hydrogen-bond acceptors (Lipinski definition) is 4. The fraction of sp³-hybridized carbons (Fsp3) is 0.368. The minimum absolute atomic E-state index is 0.0191. The van der Waals surface area contributed by atoms with Crippen LogP contribution < -0.4 is 10.6 Å². The van der Waals surface area contributed by atoms with Gasteiger partial charge in [-0.2, -0.15) is 0 Å². The number of carbonyl (C=O) groups excluding carboxylic acids is 2. The SMILES string of the molecule is Cc1ccc(C(=O)N2CCNC(C)C2C)cc1NC(=O)c1ccco1. The van der Waals surface area contributed by atoms with E-state index in [1.54, 1.807) is 24.3 Å². The predicted octanol–water partition coefficient (Wildman–Crippen LogP) is 2.66. The topological polar surface area (TPSA) is 74.6 Å². The molecule has 2 unspecified atom stereocenters. The molecular formula is C19H23N3O3. The Bertz CT molecular complexity index is 770. The third-order valence-electron chi connectivity index (χ3n) is 4.77. The van der Waals surface area contributed by atoms with Gasteiger partial charge in [0.2, 0.25) is 0 Å². The van der Waals surface area contributed by atoms with Gasteiger partial charge in [0.15, 0.2) is 5.76 Å². The van der Waals surface area contributed by atoms with Gasteiger partial charge in [-0.3, -0.25) is 9.59 Å². The molecule has 0 saturated carbocycles. The molecule has 2 heterocycles. The summed E-state index contributed by atoms with van der Waals surface area (Å²) in [6.07, 6.45) is 1.45. The molecule has 25 heavy (non-hydrogen) atoms. The van der Waals surface area contributed by atoms with Gasteiger partial charge in [0.05, 0.1) is 6.26 Å². The van der Waals surface area contributed by atoms with Crippen LogP contribution in [0.4, 0.5) is 5.69 Å². The minimum atomic E-state index is -0.332. The highest BCUT2D eigenvalue weighted by molar-refractivity contribution is 6.04. The van der Waals surface area contributed by atoms with Crippen molar-refractivity contribution < 1.29 is 14.0 Å². The number of carbonyl (C=O) groups is 2. The molecular weight excluding hydrogens is 318 g/mol. The van der Waals surface area contributed by atoms with Crippen molar-refractivity contribution in [1.29, 1.82) is 0 Å². The van der Waals surface area contributed by atoms with E-state index in [9.17, 15) is 9.59 Å². The van der Waals surface area contributed by atoms with Crippen LogP contribution in [0.25, 0.3) is 0 Å². The first-order valence-electron chi connectivity index (χ1n) is 8.47. The van der Waals surface area contributed by atoms with Crippen LogP contribution in [0.1, 0.15) is 40.3 Å². The summed E-state index contributed by atoms with van der Waals surface area (Å²) >= 11 is 0. The van der Waals surface area contributed by atoms with Crippen molar-refractivity contribution in [2.24, 2.45) is 0 Å². The number of hydrogen-bond donors (Lipinski definition) is 2. The Morgan fingerprint density at radius 2 is 2.08 bits per heavy atom. The normalized spacial score (nSPS) is 20.4. The van der Waals surface area contributed by atoms with E-state index >= 15 is 0 Å². The third-order valence-corrected chi connectivity index (χ3v) is 4.77. The Balaban J connectivity index is 1.81. The van der Waals surface area contributed by atoms with Gasteiger partial charge in [0.25, 0.3) is 11.8 Å². The highest BCUT2D eigenvalue weighted by Gasteiger charge is 2.29. The van der Waals surface area contributed by atoms with E-state index in [0.717, 1.165) is 12.1 Å². The lowest BCUT2D eigenvalue weighted by Gasteiger charge is -2.38. The van der Waals surface area contributed by atoms with Crippen molar-refractivity contribution in [3.05, 3.63) is 53.5 Å². The second-order valence-electron chi connectivity index (χ2n) is 6.44. The van der Waals surface area contributed by atoms with E-state index in [1.807, 2.05) is 24.8 Å². The van der Waals surface area contributed by atoms with Crippen LogP contribution in [-0.4, -0.2) is 41.9 Å². The average molecular weight is 341 g/mol. The maximum atomic E-state index is 12.9. The largest absolute Gasteiger partial charge is 0.459 e. The van der Waals surface area contributed by atoms with E-state index in [4.69, 9.17) is 4.42 Å². The molecule has 1 aromatic carbocycles. The molecule has 0 radical (unpaired) electrons. The number of nitrogens with one attached hydrogen (secondary N) is 2. The Labute approximate surface area is 147 Å². The predicted molar refractivity (Wildman–Crippen MR) is 95.8 cm³/mol. The van der Waals surface area contributed by atoms with Crippen molar-refractivity contribution in [1.82, 2.24) is 10.2 Å². The molecule has 2 aromatic rings. The first-order valence-corrected chi connectivity index (χ1v) is 8.47. The Morgan fingerprint density at radius 1 is 1.28 bits per heavy atom. The molecule has 3 rings (SSSR count). The highest BCUT2D eigenvalue weighted by atomic mass is 16.3. The molecule has 1 aromatic heterocycles. The lowest BCUT2D eigenvalue weighted by Crippen LogP contribution is -2.57. The molecule has 0 bridgehead atoms. The van der Waals surface area contributed by atoms with Gasteiger partial charge in [-0.1, -0.05) is 6.07 Å². The van der Waals surface area contributed by atoms with E-state index in [0.29, 0.717) is 17.8 Å². The van der Waals surface area contributed by atoms with Gasteiger partial charge >= 0.3 is 0 Å². The number of rotatable bonds is 3. The van der Waals surface area contributed by atoms with Crippen molar-refractivity contribution in [3.63, 3.8) is 0 Å². The number of anilines is 1. The number of piperazine rings is 1. The number of furan rings is 1. The number of benzene rings is 1. The molecule has 6 nitrogen and oxygen atoms in total. The molecule has 6 heteroatoms. The van der Waals surface area contributed by atoms with Crippen LogP contribution in [0.3, 0.4) is 0 Å². The summed E-state index contributed by atoms with van der Waals surface area (Å²) in [6.45, 7) is 7.47. The number of aryl methyl sites for hydroxylation is 1. The zero-order valence-corrected chi connectivity index (χ0v) is 14.7. The monoisotopic (exact) mass is 341 g/mol. The molecule has 2 atom stereocenters. The lowest BCUT2D eigenvalue weighted by molar-refractivity contribution is 0.0603. The maximum Gasteiger partial charge on any atom is 0.291 e. The summed E-state index contributed by atoms with van der Waals surface area (Å²) in [4.78, 5) is 27.0. The third kappa shape index (κ3) is 3.58. The van der Waals surface area contributed by atoms with E-state index < -0.39 is 0 Å².